The molecule has 0 amide bonds. The average molecular weight is 158 g/mol. The summed E-state index contributed by atoms with van der Waals surface area (Å²) >= 11 is 0. The van der Waals surface area contributed by atoms with Gasteiger partial charge in [-0.15, -0.1) is 0 Å². The molecule has 0 spiro atoms. The molecule has 0 saturated carbocycles. The third-order valence-corrected chi connectivity index (χ3v) is 1.04. The van der Waals surface area contributed by atoms with Crippen molar-refractivity contribution in [1.82, 2.24) is 0 Å². The lowest BCUT2D eigenvalue weighted by molar-refractivity contribution is -0.144. The second kappa shape index (κ2) is 5.92. The Morgan fingerprint density at radius 3 is 2.82 bits per heavy atom. The first-order chi connectivity index (χ1) is 5.16. The molecule has 0 unspecified atom stereocenters. The molecule has 3 nitrogen and oxygen atoms in total. The first kappa shape index (κ1) is 10.2. The summed E-state index contributed by atoms with van der Waals surface area (Å²) in [7, 11) is 0. The molecule has 1 N–H and O–H groups in total. The van der Waals surface area contributed by atoms with Crippen LogP contribution < -0.4 is 0 Å². The van der Waals surface area contributed by atoms with E-state index in [4.69, 9.17) is 9.84 Å². The largest absolute Gasteiger partial charge is 0.461 e. The zero-order valence-corrected chi connectivity index (χ0v) is 6.91. The number of hydrogen-bond acceptors (Lipinski definition) is 3. The van der Waals surface area contributed by atoms with E-state index in [1.165, 1.54) is 0 Å². The maximum absolute atomic E-state index is 10.7. The normalized spacial score (nSPS) is 13.4. The first-order valence-corrected chi connectivity index (χ1v) is 3.61. The Morgan fingerprint density at radius 1 is 1.73 bits per heavy atom. The van der Waals surface area contributed by atoms with Crippen molar-refractivity contribution in [2.24, 2.45) is 0 Å². The van der Waals surface area contributed by atoms with Crippen LogP contribution in [-0.2, 0) is 9.53 Å². The van der Waals surface area contributed by atoms with Crippen LogP contribution in [0.3, 0.4) is 0 Å². The SMILES string of the molecule is CC=CCOC(=O)C[C@@H](C)O. The van der Waals surface area contributed by atoms with Gasteiger partial charge < -0.3 is 9.84 Å². The Labute approximate surface area is 66.7 Å². The van der Waals surface area contributed by atoms with Gasteiger partial charge in [-0.25, -0.2) is 0 Å². The van der Waals surface area contributed by atoms with Crippen molar-refractivity contribution in [3.63, 3.8) is 0 Å². The molecule has 0 radical (unpaired) electrons. The molecule has 0 aromatic carbocycles. The number of carbonyl (C=O) groups excluding carboxylic acids is 1. The molecule has 0 aliphatic heterocycles. The topological polar surface area (TPSA) is 46.5 Å². The lowest BCUT2D eigenvalue weighted by Crippen LogP contribution is -2.12. The van der Waals surface area contributed by atoms with Crippen LogP contribution in [-0.4, -0.2) is 23.8 Å². The highest BCUT2D eigenvalue weighted by molar-refractivity contribution is 5.69. The van der Waals surface area contributed by atoms with E-state index in [2.05, 4.69) is 0 Å². The van der Waals surface area contributed by atoms with Gasteiger partial charge in [-0.3, -0.25) is 4.79 Å². The second-order valence-electron chi connectivity index (χ2n) is 2.31. The van der Waals surface area contributed by atoms with Gasteiger partial charge in [-0.05, 0) is 13.8 Å². The maximum atomic E-state index is 10.7. The molecule has 3 heteroatoms. The van der Waals surface area contributed by atoms with Crippen LogP contribution in [0.4, 0.5) is 0 Å². The smallest absolute Gasteiger partial charge is 0.308 e. The summed E-state index contributed by atoms with van der Waals surface area (Å²) in [5.41, 5.74) is 0. The molecule has 0 fully saturated rings. The number of hydrogen-bond donors (Lipinski definition) is 1. The highest BCUT2D eigenvalue weighted by Crippen LogP contribution is 1.92. The summed E-state index contributed by atoms with van der Waals surface area (Å²) in [5, 5.41) is 8.76. The van der Waals surface area contributed by atoms with Crippen LogP contribution in [0.1, 0.15) is 20.3 Å². The van der Waals surface area contributed by atoms with Crippen LogP contribution in [0.5, 0.6) is 0 Å². The fraction of sp³-hybridized carbons (Fsp3) is 0.625. The van der Waals surface area contributed by atoms with E-state index in [1.54, 1.807) is 19.1 Å². The summed E-state index contributed by atoms with van der Waals surface area (Å²) < 4.78 is 4.71. The zero-order valence-electron chi connectivity index (χ0n) is 6.91. The Balaban J connectivity index is 3.37. The number of aliphatic hydroxyl groups is 1. The van der Waals surface area contributed by atoms with Crippen molar-refractivity contribution < 1.29 is 14.6 Å². The van der Waals surface area contributed by atoms with E-state index in [9.17, 15) is 4.79 Å². The van der Waals surface area contributed by atoms with E-state index < -0.39 is 6.10 Å². The van der Waals surface area contributed by atoms with Crippen LogP contribution in [0.2, 0.25) is 0 Å². The Hall–Kier alpha value is -0.830. The first-order valence-electron chi connectivity index (χ1n) is 3.61. The predicted octanol–water partition coefficient (Wildman–Crippen LogP) is 0.877. The van der Waals surface area contributed by atoms with E-state index in [1.807, 2.05) is 6.92 Å². The van der Waals surface area contributed by atoms with Gasteiger partial charge in [0.15, 0.2) is 0 Å². The van der Waals surface area contributed by atoms with Gasteiger partial charge in [0.25, 0.3) is 0 Å². The predicted molar refractivity (Wildman–Crippen MR) is 42.1 cm³/mol. The highest BCUT2D eigenvalue weighted by atomic mass is 16.5. The van der Waals surface area contributed by atoms with Gasteiger partial charge in [0.2, 0.25) is 0 Å². The van der Waals surface area contributed by atoms with Crippen molar-refractivity contribution >= 4 is 5.97 Å². The average Bonchev–Trinajstić information content (AvgIpc) is 1.86. The number of allylic oxidation sites excluding steroid dienone is 1. The second-order valence-corrected chi connectivity index (χ2v) is 2.31. The maximum Gasteiger partial charge on any atom is 0.308 e. The van der Waals surface area contributed by atoms with Crippen molar-refractivity contribution in [2.45, 2.75) is 26.4 Å². The molecule has 0 rings (SSSR count). The third-order valence-electron chi connectivity index (χ3n) is 1.04. The fourth-order valence-corrected chi connectivity index (χ4v) is 0.537. The molecule has 0 aromatic rings. The lowest BCUT2D eigenvalue weighted by atomic mass is 10.3. The highest BCUT2D eigenvalue weighted by Gasteiger charge is 2.05. The van der Waals surface area contributed by atoms with Gasteiger partial charge in [0.1, 0.15) is 6.61 Å². The van der Waals surface area contributed by atoms with Crippen LogP contribution >= 0.6 is 0 Å². The number of carbonyl (C=O) groups is 1. The Morgan fingerprint density at radius 2 is 2.36 bits per heavy atom. The van der Waals surface area contributed by atoms with E-state index in [0.717, 1.165) is 0 Å². The minimum Gasteiger partial charge on any atom is -0.461 e. The molecule has 1 atom stereocenters. The van der Waals surface area contributed by atoms with Gasteiger partial charge in [-0.2, -0.15) is 0 Å². The van der Waals surface area contributed by atoms with Gasteiger partial charge in [0, 0.05) is 0 Å². The fourth-order valence-electron chi connectivity index (χ4n) is 0.537. The summed E-state index contributed by atoms with van der Waals surface area (Å²) in [6, 6.07) is 0. The minimum absolute atomic E-state index is 0.0670. The molecule has 0 saturated heterocycles. The minimum atomic E-state index is -0.617. The number of ether oxygens (including phenoxy) is 1. The summed E-state index contributed by atoms with van der Waals surface area (Å²) in [6.07, 6.45) is 2.99. The van der Waals surface area contributed by atoms with E-state index >= 15 is 0 Å². The van der Waals surface area contributed by atoms with Gasteiger partial charge in [-0.1, -0.05) is 12.2 Å². The summed E-state index contributed by atoms with van der Waals surface area (Å²) in [4.78, 5) is 10.7. The quantitative estimate of drug-likeness (QED) is 0.488. The molecular formula is C8H14O3. The van der Waals surface area contributed by atoms with Crippen molar-refractivity contribution in [2.75, 3.05) is 6.61 Å². The molecule has 0 aromatic heterocycles. The van der Waals surface area contributed by atoms with Crippen LogP contribution in [0.15, 0.2) is 12.2 Å². The van der Waals surface area contributed by atoms with Crippen molar-refractivity contribution in [3.8, 4) is 0 Å². The molecule has 0 aliphatic carbocycles. The molecule has 11 heavy (non-hydrogen) atoms. The third kappa shape index (κ3) is 7.06. The number of esters is 1. The molecular weight excluding hydrogens is 144 g/mol. The van der Waals surface area contributed by atoms with E-state index in [-0.39, 0.29) is 12.4 Å². The summed E-state index contributed by atoms with van der Waals surface area (Å²) in [6.45, 7) is 3.70. The lowest BCUT2D eigenvalue weighted by Gasteiger charge is -2.02. The zero-order chi connectivity index (χ0) is 8.69. The molecule has 0 heterocycles. The van der Waals surface area contributed by atoms with Gasteiger partial charge >= 0.3 is 5.97 Å². The Bertz CT molecular complexity index is 138. The van der Waals surface area contributed by atoms with Gasteiger partial charge in [0.05, 0.1) is 12.5 Å². The standard InChI is InChI=1S/C8H14O3/c1-3-4-5-11-8(10)6-7(2)9/h3-4,7,9H,5-6H2,1-2H3/t7-/m1/s1. The molecule has 0 aliphatic rings. The van der Waals surface area contributed by atoms with Crippen molar-refractivity contribution in [3.05, 3.63) is 12.2 Å². The Kier molecular flexibility index (Phi) is 5.47. The number of aliphatic hydroxyl groups excluding tert-OH is 1. The molecule has 64 valence electrons. The molecule has 0 bridgehead atoms. The monoisotopic (exact) mass is 158 g/mol. The summed E-state index contributed by atoms with van der Waals surface area (Å²) in [5.74, 6) is -0.363. The number of rotatable bonds is 4. The van der Waals surface area contributed by atoms with Crippen molar-refractivity contribution in [1.29, 1.82) is 0 Å². The van der Waals surface area contributed by atoms with Crippen LogP contribution in [0, 0.1) is 0 Å². The van der Waals surface area contributed by atoms with Crippen LogP contribution in [0.25, 0.3) is 0 Å². The van der Waals surface area contributed by atoms with E-state index in [0.29, 0.717) is 6.61 Å².